The van der Waals surface area contributed by atoms with Crippen LogP contribution in [0, 0.1) is 45.8 Å². The second-order valence-electron chi connectivity index (χ2n) is 10.7. The van der Waals surface area contributed by atoms with Gasteiger partial charge in [0.25, 0.3) is 0 Å². The molecule has 0 aromatic heterocycles. The largest absolute Gasteiger partial charge is 0.390 e. The average Bonchev–Trinajstić information content (AvgIpc) is 2.94. The van der Waals surface area contributed by atoms with Gasteiger partial charge in [-0.05, 0) is 106 Å². The summed E-state index contributed by atoms with van der Waals surface area (Å²) in [7, 11) is 0. The highest BCUT2D eigenvalue weighted by atomic mass is 16.4. The Morgan fingerprint density at radius 3 is 2.19 bits per heavy atom. The number of rotatable bonds is 1. The van der Waals surface area contributed by atoms with Gasteiger partial charge in [0.1, 0.15) is 0 Å². The summed E-state index contributed by atoms with van der Waals surface area (Å²) < 4.78 is 0. The Kier molecular flexibility index (Phi) is 5.35. The van der Waals surface area contributed by atoms with Gasteiger partial charge >= 0.3 is 0 Å². The third-order valence-corrected chi connectivity index (χ3v) is 9.48. The molecule has 5 N–H and O–H groups in total. The van der Waals surface area contributed by atoms with Crippen molar-refractivity contribution >= 4 is 5.71 Å². The van der Waals surface area contributed by atoms with Crippen LogP contribution in [0.3, 0.4) is 0 Å². The van der Waals surface area contributed by atoms with E-state index in [0.29, 0.717) is 16.7 Å². The van der Waals surface area contributed by atoms with Crippen molar-refractivity contribution in [2.45, 2.75) is 91.1 Å². The molecule has 4 heteroatoms. The molecule has 0 spiro atoms. The first kappa shape index (κ1) is 20.3. The van der Waals surface area contributed by atoms with E-state index in [1.54, 1.807) is 0 Å². The lowest BCUT2D eigenvalue weighted by Gasteiger charge is -2.62. The van der Waals surface area contributed by atoms with Crippen LogP contribution in [0.2, 0.25) is 0 Å². The fourth-order valence-corrected chi connectivity index (χ4v) is 8.14. The number of fused-ring (bicyclic) bond motifs is 5. The molecule has 0 radical (unpaired) electrons. The van der Waals surface area contributed by atoms with Gasteiger partial charge in [0, 0.05) is 11.6 Å². The van der Waals surface area contributed by atoms with Gasteiger partial charge in [-0.2, -0.15) is 0 Å². The lowest BCUT2D eigenvalue weighted by molar-refractivity contribution is -0.144. The van der Waals surface area contributed by atoms with Crippen LogP contribution in [0.1, 0.15) is 85.5 Å². The minimum atomic E-state index is -0.421. The molecule has 0 amide bonds. The molecule has 4 aliphatic rings. The van der Waals surface area contributed by atoms with E-state index in [1.807, 2.05) is 6.92 Å². The number of hydrogen-bond acceptors (Lipinski definition) is 4. The number of hydrogen-bond donors (Lipinski definition) is 4. The summed E-state index contributed by atoms with van der Waals surface area (Å²) in [6, 6.07) is 0. The first-order chi connectivity index (χ1) is 12.2. The molecule has 0 bridgehead atoms. The molecule has 7 unspecified atom stereocenters. The van der Waals surface area contributed by atoms with Gasteiger partial charge in [-0.3, -0.25) is 0 Å². The molecule has 4 saturated carbocycles. The van der Waals surface area contributed by atoms with Gasteiger partial charge in [-0.1, -0.05) is 13.8 Å². The van der Waals surface area contributed by atoms with Crippen molar-refractivity contribution in [3.05, 3.63) is 0 Å². The maximum atomic E-state index is 10.6. The fourth-order valence-electron chi connectivity index (χ4n) is 8.14. The fraction of sp³-hybridized carbons (Fsp3) is 0.955. The van der Waals surface area contributed by atoms with E-state index in [0.717, 1.165) is 42.2 Å². The Balaban J connectivity index is 0.000000948. The zero-order valence-corrected chi connectivity index (χ0v) is 17.2. The van der Waals surface area contributed by atoms with Crippen molar-refractivity contribution in [3.63, 3.8) is 0 Å². The van der Waals surface area contributed by atoms with Gasteiger partial charge in [0.15, 0.2) is 0 Å². The summed E-state index contributed by atoms with van der Waals surface area (Å²) in [5.74, 6) is 7.38. The summed E-state index contributed by atoms with van der Waals surface area (Å²) in [5, 5.41) is 25.4. The molecule has 0 aromatic rings. The highest BCUT2D eigenvalue weighted by molar-refractivity contribution is 5.82. The van der Waals surface area contributed by atoms with Crippen LogP contribution in [-0.4, -0.2) is 21.6 Å². The lowest BCUT2D eigenvalue weighted by atomic mass is 9.44. The van der Waals surface area contributed by atoms with Crippen LogP contribution in [-0.2, 0) is 0 Å². The Labute approximate surface area is 159 Å². The molecular formula is C22H40N2O2. The van der Waals surface area contributed by atoms with Crippen LogP contribution in [0.4, 0.5) is 0 Å². The quantitative estimate of drug-likeness (QED) is 0.399. The second-order valence-corrected chi connectivity index (χ2v) is 10.7. The van der Waals surface area contributed by atoms with E-state index in [2.05, 4.69) is 26.7 Å². The van der Waals surface area contributed by atoms with Crippen LogP contribution in [0.15, 0.2) is 0 Å². The zero-order valence-electron chi connectivity index (χ0n) is 17.2. The molecule has 4 fully saturated rings. The van der Waals surface area contributed by atoms with E-state index < -0.39 is 5.60 Å². The van der Waals surface area contributed by atoms with E-state index in [-0.39, 0.29) is 0 Å². The molecule has 0 aromatic carbocycles. The maximum absolute atomic E-state index is 10.6. The van der Waals surface area contributed by atoms with Crippen molar-refractivity contribution in [1.29, 1.82) is 5.41 Å². The smallest absolute Gasteiger partial charge is 0.0622 e. The molecule has 0 aliphatic heterocycles. The van der Waals surface area contributed by atoms with Crippen LogP contribution in [0.5, 0.6) is 0 Å². The van der Waals surface area contributed by atoms with Gasteiger partial charge in [0.2, 0.25) is 0 Å². The number of aliphatic hydroxyl groups is 1. The molecule has 150 valence electrons. The minimum Gasteiger partial charge on any atom is -0.390 e. The summed E-state index contributed by atoms with van der Waals surface area (Å²) >= 11 is 0. The van der Waals surface area contributed by atoms with E-state index >= 15 is 0 Å². The third-order valence-electron chi connectivity index (χ3n) is 9.48. The Morgan fingerprint density at radius 1 is 0.885 bits per heavy atom. The van der Waals surface area contributed by atoms with Crippen molar-refractivity contribution in [2.24, 2.45) is 46.3 Å². The lowest BCUT2D eigenvalue weighted by Crippen LogP contribution is -2.55. The van der Waals surface area contributed by atoms with Crippen LogP contribution in [0.25, 0.3) is 0 Å². The molecule has 0 saturated heterocycles. The SMILES string of the molecule is CC(=N)C1CCC2C3CCC4C[C@](C)(O)CCC4(C)C3CCC12C.NO. The number of nitrogens with one attached hydrogen (secondary N) is 1. The van der Waals surface area contributed by atoms with E-state index in [9.17, 15) is 5.11 Å². The third kappa shape index (κ3) is 2.97. The summed E-state index contributed by atoms with van der Waals surface area (Å²) in [6.07, 6.45) is 11.3. The molecule has 4 rings (SSSR count). The summed E-state index contributed by atoms with van der Waals surface area (Å²) in [5.41, 5.74) is 1.38. The molecule has 26 heavy (non-hydrogen) atoms. The second kappa shape index (κ2) is 6.86. The molecular weight excluding hydrogens is 324 g/mol. The maximum Gasteiger partial charge on any atom is 0.0622 e. The normalized spacial score (nSPS) is 52.8. The monoisotopic (exact) mass is 364 g/mol. The highest BCUT2D eigenvalue weighted by Crippen LogP contribution is 2.68. The Hall–Kier alpha value is -0.450. The first-order valence-corrected chi connectivity index (χ1v) is 10.7. The topological polar surface area (TPSA) is 90.3 Å². The van der Waals surface area contributed by atoms with E-state index in [4.69, 9.17) is 10.6 Å². The Morgan fingerprint density at radius 2 is 1.54 bits per heavy atom. The van der Waals surface area contributed by atoms with Crippen molar-refractivity contribution in [1.82, 2.24) is 0 Å². The predicted octanol–water partition coefficient (Wildman–Crippen LogP) is 4.77. The van der Waals surface area contributed by atoms with Crippen LogP contribution < -0.4 is 5.90 Å². The molecule has 4 aliphatic carbocycles. The van der Waals surface area contributed by atoms with Gasteiger partial charge < -0.3 is 15.7 Å². The molecule has 4 nitrogen and oxygen atoms in total. The molecule has 0 heterocycles. The average molecular weight is 365 g/mol. The van der Waals surface area contributed by atoms with Gasteiger partial charge in [0.05, 0.1) is 5.60 Å². The molecule has 8 atom stereocenters. The summed E-state index contributed by atoms with van der Waals surface area (Å²) in [4.78, 5) is 0. The standard InChI is InChI=1S/C22H37NO.H3NO/c1-14(23)17-7-8-18-16-6-5-15-13-20(2,24)11-12-21(15,3)19(16)9-10-22(17,18)4;1-2/h15-19,23-24H,5-13H2,1-4H3;2H,1H2/t15?,16?,17?,18?,19?,20-,21?,22?;/m1./s1. The van der Waals surface area contributed by atoms with Gasteiger partial charge in [-0.15, -0.1) is 0 Å². The van der Waals surface area contributed by atoms with E-state index in [1.165, 1.54) is 44.9 Å². The first-order valence-electron chi connectivity index (χ1n) is 10.7. The predicted molar refractivity (Wildman–Crippen MR) is 105 cm³/mol. The Bertz CT molecular complexity index is 548. The van der Waals surface area contributed by atoms with Crippen molar-refractivity contribution in [3.8, 4) is 0 Å². The van der Waals surface area contributed by atoms with Gasteiger partial charge in [-0.25, -0.2) is 5.90 Å². The highest BCUT2D eigenvalue weighted by Gasteiger charge is 2.61. The van der Waals surface area contributed by atoms with Crippen molar-refractivity contribution in [2.75, 3.05) is 0 Å². The zero-order chi connectivity index (χ0) is 19.3. The van der Waals surface area contributed by atoms with Crippen LogP contribution >= 0.6 is 0 Å². The minimum absolute atomic E-state index is 0.399. The number of nitrogens with two attached hydrogens (primary N) is 1. The van der Waals surface area contributed by atoms with Crippen molar-refractivity contribution < 1.29 is 10.3 Å². The summed E-state index contributed by atoms with van der Waals surface area (Å²) in [6.45, 7) is 9.20.